The molecule has 1 N–H and O–H groups in total. The summed E-state index contributed by atoms with van der Waals surface area (Å²) in [7, 11) is 1.94. The average Bonchev–Trinajstić information content (AvgIpc) is 2.87. The predicted octanol–water partition coefficient (Wildman–Crippen LogP) is 1.63. The lowest BCUT2D eigenvalue weighted by Crippen LogP contribution is -2.09. The number of hydrogen-bond donors (Lipinski definition) is 1. The summed E-state index contributed by atoms with van der Waals surface area (Å²) in [5.74, 6) is 2.44. The zero-order valence-electron chi connectivity index (χ0n) is 9.04. The summed E-state index contributed by atoms with van der Waals surface area (Å²) in [6.45, 7) is 5.17. The van der Waals surface area contributed by atoms with E-state index in [0.717, 1.165) is 24.0 Å². The Morgan fingerprint density at radius 3 is 2.79 bits per heavy atom. The van der Waals surface area contributed by atoms with Crippen LogP contribution in [0, 0.1) is 12.8 Å². The Bertz CT molecular complexity index is 335. The molecule has 3 heteroatoms. The van der Waals surface area contributed by atoms with Gasteiger partial charge in [0.05, 0.1) is 0 Å². The molecule has 0 amide bonds. The molecule has 1 aliphatic carbocycles. The molecule has 2 atom stereocenters. The van der Waals surface area contributed by atoms with E-state index >= 15 is 0 Å². The van der Waals surface area contributed by atoms with Crippen LogP contribution in [0.5, 0.6) is 0 Å². The minimum absolute atomic E-state index is 0.623. The Morgan fingerprint density at radius 2 is 2.29 bits per heavy atom. The van der Waals surface area contributed by atoms with Crippen molar-refractivity contribution >= 4 is 0 Å². The lowest BCUT2D eigenvalue weighted by atomic mass is 10.2. The second-order valence-electron chi connectivity index (χ2n) is 4.19. The summed E-state index contributed by atoms with van der Waals surface area (Å²) < 4.78 is 0. The number of hydrogen-bond acceptors (Lipinski definition) is 3. The van der Waals surface area contributed by atoms with Gasteiger partial charge in [0.25, 0.3) is 0 Å². The zero-order chi connectivity index (χ0) is 10.1. The second-order valence-corrected chi connectivity index (χ2v) is 4.19. The van der Waals surface area contributed by atoms with Crippen LogP contribution in [0.4, 0.5) is 0 Å². The van der Waals surface area contributed by atoms with Crippen LogP contribution in [0.1, 0.15) is 36.3 Å². The quantitative estimate of drug-likeness (QED) is 0.789. The maximum absolute atomic E-state index is 4.55. The monoisotopic (exact) mass is 191 g/mol. The highest BCUT2D eigenvalue weighted by molar-refractivity contribution is 5.19. The van der Waals surface area contributed by atoms with Gasteiger partial charge in [0.1, 0.15) is 5.82 Å². The summed E-state index contributed by atoms with van der Waals surface area (Å²) in [6, 6.07) is 0. The highest BCUT2D eigenvalue weighted by Crippen LogP contribution is 2.45. The topological polar surface area (TPSA) is 37.8 Å². The molecule has 0 saturated heterocycles. The van der Waals surface area contributed by atoms with E-state index in [0.29, 0.717) is 5.92 Å². The van der Waals surface area contributed by atoms with Gasteiger partial charge in [-0.2, -0.15) is 0 Å². The van der Waals surface area contributed by atoms with E-state index in [4.69, 9.17) is 0 Å². The molecule has 1 aliphatic rings. The Kier molecular flexibility index (Phi) is 2.50. The van der Waals surface area contributed by atoms with Crippen molar-refractivity contribution in [1.82, 2.24) is 15.3 Å². The molecule has 1 aromatic heterocycles. The first-order valence-electron chi connectivity index (χ1n) is 5.19. The minimum Gasteiger partial charge on any atom is -0.316 e. The van der Waals surface area contributed by atoms with Crippen LogP contribution in [-0.2, 0) is 6.54 Å². The third kappa shape index (κ3) is 1.77. The summed E-state index contributed by atoms with van der Waals surface area (Å²) in [5.41, 5.74) is 2.31. The normalized spacial score (nSPS) is 25.1. The summed E-state index contributed by atoms with van der Waals surface area (Å²) >= 11 is 0. The van der Waals surface area contributed by atoms with Gasteiger partial charge in [0.2, 0.25) is 0 Å². The molecule has 0 spiro atoms. The maximum atomic E-state index is 4.55. The van der Waals surface area contributed by atoms with Gasteiger partial charge >= 0.3 is 0 Å². The van der Waals surface area contributed by atoms with Crippen LogP contribution in [0.3, 0.4) is 0 Å². The Morgan fingerprint density at radius 1 is 1.57 bits per heavy atom. The standard InChI is InChI=1S/C11H17N3/c1-7-4-10(7)11-13-6-9(5-12-3)8(2)14-11/h6-7,10,12H,4-5H2,1-3H3. The van der Waals surface area contributed by atoms with Crippen LogP contribution in [0.25, 0.3) is 0 Å². The van der Waals surface area contributed by atoms with E-state index in [1.807, 2.05) is 13.2 Å². The van der Waals surface area contributed by atoms with E-state index in [-0.39, 0.29) is 0 Å². The summed E-state index contributed by atoms with van der Waals surface area (Å²) in [4.78, 5) is 8.97. The van der Waals surface area contributed by atoms with Crippen molar-refractivity contribution < 1.29 is 0 Å². The van der Waals surface area contributed by atoms with Gasteiger partial charge in [-0.3, -0.25) is 0 Å². The van der Waals surface area contributed by atoms with Gasteiger partial charge in [-0.25, -0.2) is 9.97 Å². The van der Waals surface area contributed by atoms with Crippen molar-refractivity contribution in [2.45, 2.75) is 32.7 Å². The van der Waals surface area contributed by atoms with Gasteiger partial charge in [-0.15, -0.1) is 0 Å². The van der Waals surface area contributed by atoms with E-state index in [9.17, 15) is 0 Å². The molecule has 0 bridgehead atoms. The number of nitrogens with one attached hydrogen (secondary N) is 1. The number of aryl methyl sites for hydroxylation is 1. The van der Waals surface area contributed by atoms with Crippen molar-refractivity contribution in [3.8, 4) is 0 Å². The lowest BCUT2D eigenvalue weighted by Gasteiger charge is -2.05. The Hall–Kier alpha value is -0.960. The van der Waals surface area contributed by atoms with Crippen LogP contribution < -0.4 is 5.32 Å². The van der Waals surface area contributed by atoms with Crippen LogP contribution >= 0.6 is 0 Å². The molecular formula is C11H17N3. The summed E-state index contributed by atoms with van der Waals surface area (Å²) in [6.07, 6.45) is 3.21. The molecule has 1 saturated carbocycles. The fourth-order valence-electron chi connectivity index (χ4n) is 1.73. The van der Waals surface area contributed by atoms with E-state index in [1.165, 1.54) is 12.0 Å². The Balaban J connectivity index is 2.18. The van der Waals surface area contributed by atoms with E-state index in [1.54, 1.807) is 0 Å². The van der Waals surface area contributed by atoms with Crippen molar-refractivity contribution in [3.05, 3.63) is 23.3 Å². The molecule has 14 heavy (non-hydrogen) atoms. The van der Waals surface area contributed by atoms with Crippen molar-refractivity contribution in [3.63, 3.8) is 0 Å². The largest absolute Gasteiger partial charge is 0.316 e. The molecular weight excluding hydrogens is 174 g/mol. The maximum Gasteiger partial charge on any atom is 0.131 e. The van der Waals surface area contributed by atoms with Crippen molar-refractivity contribution in [2.24, 2.45) is 5.92 Å². The zero-order valence-corrected chi connectivity index (χ0v) is 9.04. The SMILES string of the molecule is CNCc1cnc(C2CC2C)nc1C. The number of aromatic nitrogens is 2. The number of nitrogens with zero attached hydrogens (tertiary/aromatic N) is 2. The molecule has 0 radical (unpaired) electrons. The molecule has 0 aliphatic heterocycles. The van der Waals surface area contributed by atoms with E-state index in [2.05, 4.69) is 29.1 Å². The Labute approximate surface area is 85.0 Å². The van der Waals surface area contributed by atoms with Gasteiger partial charge < -0.3 is 5.32 Å². The predicted molar refractivity (Wildman–Crippen MR) is 56.1 cm³/mol. The highest BCUT2D eigenvalue weighted by Gasteiger charge is 2.36. The molecule has 76 valence electrons. The molecule has 0 aromatic carbocycles. The fraction of sp³-hybridized carbons (Fsp3) is 0.636. The third-order valence-corrected chi connectivity index (χ3v) is 2.91. The molecule has 1 heterocycles. The average molecular weight is 191 g/mol. The smallest absolute Gasteiger partial charge is 0.131 e. The molecule has 1 aromatic rings. The molecule has 2 unspecified atom stereocenters. The van der Waals surface area contributed by atoms with Crippen molar-refractivity contribution in [1.29, 1.82) is 0 Å². The van der Waals surface area contributed by atoms with Crippen LogP contribution in [0.2, 0.25) is 0 Å². The second kappa shape index (κ2) is 3.65. The molecule has 2 rings (SSSR count). The van der Waals surface area contributed by atoms with Crippen molar-refractivity contribution in [2.75, 3.05) is 7.05 Å². The first kappa shape index (κ1) is 9.59. The first-order chi connectivity index (χ1) is 6.72. The fourth-order valence-corrected chi connectivity index (χ4v) is 1.73. The third-order valence-electron chi connectivity index (χ3n) is 2.91. The van der Waals surface area contributed by atoms with Crippen LogP contribution in [0.15, 0.2) is 6.20 Å². The highest BCUT2D eigenvalue weighted by atomic mass is 14.9. The van der Waals surface area contributed by atoms with E-state index < -0.39 is 0 Å². The minimum atomic E-state index is 0.623. The van der Waals surface area contributed by atoms with Gasteiger partial charge in [0, 0.05) is 29.9 Å². The molecule has 1 fully saturated rings. The van der Waals surface area contributed by atoms with Gasteiger partial charge in [-0.1, -0.05) is 6.92 Å². The number of rotatable bonds is 3. The molecule has 3 nitrogen and oxygen atoms in total. The van der Waals surface area contributed by atoms with Gasteiger partial charge in [-0.05, 0) is 26.3 Å². The summed E-state index contributed by atoms with van der Waals surface area (Å²) in [5, 5.41) is 3.12. The lowest BCUT2D eigenvalue weighted by molar-refractivity contribution is 0.771. The van der Waals surface area contributed by atoms with Gasteiger partial charge in [0.15, 0.2) is 0 Å². The van der Waals surface area contributed by atoms with Crippen LogP contribution in [-0.4, -0.2) is 17.0 Å². The first-order valence-corrected chi connectivity index (χ1v) is 5.19.